The maximum atomic E-state index is 12.9. The van der Waals surface area contributed by atoms with E-state index in [0.717, 1.165) is 58.6 Å². The van der Waals surface area contributed by atoms with Gasteiger partial charge in [0.2, 0.25) is 5.91 Å². The van der Waals surface area contributed by atoms with E-state index in [4.69, 9.17) is 4.74 Å². The summed E-state index contributed by atoms with van der Waals surface area (Å²) in [6.07, 6.45) is 5.67. The van der Waals surface area contributed by atoms with Gasteiger partial charge in [0.15, 0.2) is 0 Å². The number of carbonyl (C=O) groups excluding carboxylic acids is 1. The van der Waals surface area contributed by atoms with Crippen molar-refractivity contribution in [1.82, 2.24) is 9.80 Å². The second-order valence-electron chi connectivity index (χ2n) is 7.62. The number of hydrogen-bond acceptors (Lipinski definition) is 3. The third-order valence-electron chi connectivity index (χ3n) is 5.66. The minimum Gasteiger partial charge on any atom is -0.384 e. The number of rotatable bonds is 6. The molecule has 0 N–H and O–H groups in total. The van der Waals surface area contributed by atoms with Crippen molar-refractivity contribution >= 4 is 5.91 Å². The van der Waals surface area contributed by atoms with E-state index < -0.39 is 0 Å². The van der Waals surface area contributed by atoms with Crippen LogP contribution in [0, 0.1) is 11.8 Å². The monoisotopic (exact) mass is 344 g/mol. The lowest BCUT2D eigenvalue weighted by Gasteiger charge is -2.26. The normalized spacial score (nSPS) is 22.9. The van der Waals surface area contributed by atoms with Gasteiger partial charge in [-0.05, 0) is 24.8 Å². The van der Waals surface area contributed by atoms with Gasteiger partial charge >= 0.3 is 0 Å². The van der Waals surface area contributed by atoms with Crippen molar-refractivity contribution in [2.45, 2.75) is 32.1 Å². The van der Waals surface area contributed by atoms with Gasteiger partial charge in [0.1, 0.15) is 0 Å². The van der Waals surface area contributed by atoms with E-state index in [0.29, 0.717) is 11.8 Å². The van der Waals surface area contributed by atoms with E-state index in [1.165, 1.54) is 18.4 Å². The maximum absolute atomic E-state index is 12.9. The van der Waals surface area contributed by atoms with Gasteiger partial charge in [0.05, 0.1) is 6.61 Å². The van der Waals surface area contributed by atoms with Crippen LogP contribution in [0.3, 0.4) is 0 Å². The fourth-order valence-corrected chi connectivity index (χ4v) is 4.29. The lowest BCUT2D eigenvalue weighted by atomic mass is 10.1. The number of hydrogen-bond donors (Lipinski definition) is 0. The minimum absolute atomic E-state index is 0.277. The summed E-state index contributed by atoms with van der Waals surface area (Å²) in [4.78, 5) is 17.5. The molecule has 4 nitrogen and oxygen atoms in total. The summed E-state index contributed by atoms with van der Waals surface area (Å²) in [5, 5.41) is 0. The number of amides is 1. The Hall–Kier alpha value is -1.39. The summed E-state index contributed by atoms with van der Waals surface area (Å²) in [6, 6.07) is 10.7. The lowest BCUT2D eigenvalue weighted by Crippen LogP contribution is -2.40. The van der Waals surface area contributed by atoms with E-state index in [1.807, 2.05) is 0 Å². The molecule has 1 aliphatic carbocycles. The Kier molecular flexibility index (Phi) is 6.88. The average Bonchev–Trinajstić information content (AvgIpc) is 3.10. The van der Waals surface area contributed by atoms with Crippen LogP contribution in [0.2, 0.25) is 0 Å². The van der Waals surface area contributed by atoms with Crippen LogP contribution < -0.4 is 0 Å². The third-order valence-corrected chi connectivity index (χ3v) is 5.66. The predicted molar refractivity (Wildman–Crippen MR) is 100 cm³/mol. The molecule has 2 aliphatic rings. The van der Waals surface area contributed by atoms with Crippen LogP contribution in [0.25, 0.3) is 0 Å². The fourth-order valence-electron chi connectivity index (χ4n) is 4.29. The molecular weight excluding hydrogens is 312 g/mol. The molecule has 1 saturated carbocycles. The average molecular weight is 344 g/mol. The zero-order valence-electron chi connectivity index (χ0n) is 15.5. The smallest absolute Gasteiger partial charge is 0.225 e. The molecule has 3 rings (SSSR count). The van der Waals surface area contributed by atoms with Crippen LogP contribution in [0.5, 0.6) is 0 Å². The summed E-state index contributed by atoms with van der Waals surface area (Å²) >= 11 is 0. The molecule has 1 amide bonds. The van der Waals surface area contributed by atoms with Gasteiger partial charge in [0, 0.05) is 51.7 Å². The molecule has 1 atom stereocenters. The molecule has 0 spiro atoms. The van der Waals surface area contributed by atoms with Crippen molar-refractivity contribution in [2.24, 2.45) is 11.8 Å². The van der Waals surface area contributed by atoms with Crippen LogP contribution in [0.4, 0.5) is 0 Å². The standard InChI is InChI=1S/C21H32N2O2/c1-25-17-19-15-22(12-11-18-7-3-2-4-8-18)13-14-23(16-19)21(24)20-9-5-6-10-20/h2-4,7-8,19-20H,5-6,9-17H2,1H3/t19-/m0/s1. The van der Waals surface area contributed by atoms with Crippen molar-refractivity contribution in [3.05, 3.63) is 35.9 Å². The number of benzene rings is 1. The fraction of sp³-hybridized carbons (Fsp3) is 0.667. The van der Waals surface area contributed by atoms with Gasteiger partial charge in [-0.25, -0.2) is 0 Å². The zero-order valence-corrected chi connectivity index (χ0v) is 15.5. The van der Waals surface area contributed by atoms with Crippen LogP contribution >= 0.6 is 0 Å². The number of ether oxygens (including phenoxy) is 1. The third kappa shape index (κ3) is 5.29. The van der Waals surface area contributed by atoms with E-state index >= 15 is 0 Å². The summed E-state index contributed by atoms with van der Waals surface area (Å²) < 4.78 is 5.44. The van der Waals surface area contributed by atoms with Gasteiger partial charge in [-0.1, -0.05) is 43.2 Å². The number of carbonyl (C=O) groups is 1. The van der Waals surface area contributed by atoms with Crippen molar-refractivity contribution in [3.8, 4) is 0 Å². The molecule has 1 heterocycles. The van der Waals surface area contributed by atoms with Crippen LogP contribution in [0.15, 0.2) is 30.3 Å². The molecular formula is C21H32N2O2. The Morgan fingerprint density at radius 3 is 2.60 bits per heavy atom. The first-order valence-electron chi connectivity index (χ1n) is 9.80. The SMILES string of the molecule is COC[C@H]1CN(CCc2ccccc2)CCN(C(=O)C2CCCC2)C1. The molecule has 4 heteroatoms. The largest absolute Gasteiger partial charge is 0.384 e. The lowest BCUT2D eigenvalue weighted by molar-refractivity contribution is -0.135. The first-order valence-corrected chi connectivity index (χ1v) is 9.80. The second-order valence-corrected chi connectivity index (χ2v) is 7.62. The van der Waals surface area contributed by atoms with Gasteiger partial charge in [-0.15, -0.1) is 0 Å². The Bertz CT molecular complexity index is 528. The molecule has 1 aliphatic heterocycles. The minimum atomic E-state index is 0.277. The van der Waals surface area contributed by atoms with E-state index in [2.05, 4.69) is 40.1 Å². The highest BCUT2D eigenvalue weighted by molar-refractivity contribution is 5.79. The first-order chi connectivity index (χ1) is 12.3. The van der Waals surface area contributed by atoms with E-state index in [-0.39, 0.29) is 5.92 Å². The molecule has 1 saturated heterocycles. The molecule has 2 fully saturated rings. The van der Waals surface area contributed by atoms with Crippen LogP contribution in [0.1, 0.15) is 31.2 Å². The van der Waals surface area contributed by atoms with Gasteiger partial charge < -0.3 is 14.5 Å². The summed E-state index contributed by atoms with van der Waals surface area (Å²) in [6.45, 7) is 5.50. The van der Waals surface area contributed by atoms with E-state index in [1.54, 1.807) is 7.11 Å². The molecule has 1 aromatic carbocycles. The van der Waals surface area contributed by atoms with Crippen molar-refractivity contribution < 1.29 is 9.53 Å². The Balaban J connectivity index is 1.58. The zero-order chi connectivity index (χ0) is 17.5. The Labute approximate surface area is 152 Å². The summed E-state index contributed by atoms with van der Waals surface area (Å²) in [5.41, 5.74) is 1.38. The van der Waals surface area contributed by atoms with Gasteiger partial charge in [0.25, 0.3) is 0 Å². The Morgan fingerprint density at radius 2 is 1.88 bits per heavy atom. The van der Waals surface area contributed by atoms with Gasteiger partial charge in [-0.3, -0.25) is 4.79 Å². The molecule has 0 radical (unpaired) electrons. The first kappa shape index (κ1) is 18.4. The molecule has 0 aromatic heterocycles. The predicted octanol–water partition coefficient (Wildman–Crippen LogP) is 2.83. The summed E-state index contributed by atoms with van der Waals surface area (Å²) in [7, 11) is 1.77. The highest BCUT2D eigenvalue weighted by atomic mass is 16.5. The quantitative estimate of drug-likeness (QED) is 0.795. The van der Waals surface area contributed by atoms with E-state index in [9.17, 15) is 4.79 Å². The summed E-state index contributed by atoms with van der Waals surface area (Å²) in [5.74, 6) is 1.08. The van der Waals surface area contributed by atoms with Crippen molar-refractivity contribution in [1.29, 1.82) is 0 Å². The molecule has 0 bridgehead atoms. The van der Waals surface area contributed by atoms with Gasteiger partial charge in [-0.2, -0.15) is 0 Å². The highest BCUT2D eigenvalue weighted by Crippen LogP contribution is 2.27. The van der Waals surface area contributed by atoms with Crippen LogP contribution in [-0.4, -0.2) is 62.1 Å². The Morgan fingerprint density at radius 1 is 1.12 bits per heavy atom. The van der Waals surface area contributed by atoms with Crippen LogP contribution in [-0.2, 0) is 16.0 Å². The van der Waals surface area contributed by atoms with Crippen molar-refractivity contribution in [3.63, 3.8) is 0 Å². The molecule has 25 heavy (non-hydrogen) atoms. The molecule has 0 unspecified atom stereocenters. The maximum Gasteiger partial charge on any atom is 0.225 e. The molecule has 1 aromatic rings. The molecule has 138 valence electrons. The topological polar surface area (TPSA) is 32.8 Å². The number of nitrogens with zero attached hydrogens (tertiary/aromatic N) is 2. The second kappa shape index (κ2) is 9.35. The highest BCUT2D eigenvalue weighted by Gasteiger charge is 2.31. The van der Waals surface area contributed by atoms with Crippen molar-refractivity contribution in [2.75, 3.05) is 46.4 Å². The number of methoxy groups -OCH3 is 1.